The Bertz CT molecular complexity index is 771. The zero-order valence-electron chi connectivity index (χ0n) is 14.1. The lowest BCUT2D eigenvalue weighted by atomic mass is 9.97. The number of rotatable bonds is 6. The molecule has 126 valence electrons. The first kappa shape index (κ1) is 17.2. The lowest BCUT2D eigenvalue weighted by Crippen LogP contribution is -2.42. The molecule has 0 spiro atoms. The molecule has 0 aliphatic carbocycles. The Morgan fingerprint density at radius 1 is 1.39 bits per heavy atom. The molecule has 2 heterocycles. The van der Waals surface area contributed by atoms with E-state index >= 15 is 0 Å². The molecule has 0 saturated heterocycles. The van der Waals surface area contributed by atoms with Crippen molar-refractivity contribution in [2.45, 2.75) is 52.6 Å². The first-order valence-electron chi connectivity index (χ1n) is 7.86. The van der Waals surface area contributed by atoms with Gasteiger partial charge in [0.2, 0.25) is 5.91 Å². The highest BCUT2D eigenvalue weighted by atomic mass is 16.3. The molecule has 3 N–H and O–H groups in total. The zero-order chi connectivity index (χ0) is 17.2. The average Bonchev–Trinajstić information content (AvgIpc) is 2.89. The number of nitrogens with zero attached hydrogens (tertiary/aromatic N) is 2. The standard InChI is InChI=1S/C16H24N4O3/c1-5-16(23,6-2)9-17-14(21)7-12-10(3)18-13-8-15(22)19-20(13)11(12)4/h8,23H,5-7,9H2,1-4H3,(H,17,21)(H,19,22). The van der Waals surface area contributed by atoms with Crippen LogP contribution in [-0.2, 0) is 11.2 Å². The summed E-state index contributed by atoms with van der Waals surface area (Å²) < 4.78 is 1.59. The van der Waals surface area contributed by atoms with Crippen LogP contribution < -0.4 is 10.9 Å². The Morgan fingerprint density at radius 2 is 2.04 bits per heavy atom. The molecule has 0 radical (unpaired) electrons. The van der Waals surface area contributed by atoms with Crippen molar-refractivity contribution < 1.29 is 9.90 Å². The molecule has 0 aromatic carbocycles. The molecule has 0 fully saturated rings. The highest BCUT2D eigenvalue weighted by Crippen LogP contribution is 2.15. The fourth-order valence-electron chi connectivity index (χ4n) is 2.60. The van der Waals surface area contributed by atoms with Gasteiger partial charge in [0, 0.05) is 29.6 Å². The number of hydrogen-bond acceptors (Lipinski definition) is 4. The second-order valence-electron chi connectivity index (χ2n) is 5.96. The van der Waals surface area contributed by atoms with E-state index in [4.69, 9.17) is 0 Å². The third-order valence-corrected chi connectivity index (χ3v) is 4.47. The maximum absolute atomic E-state index is 12.2. The van der Waals surface area contributed by atoms with Crippen LogP contribution in [0.2, 0.25) is 0 Å². The monoisotopic (exact) mass is 320 g/mol. The van der Waals surface area contributed by atoms with Gasteiger partial charge in [-0.05, 0) is 26.7 Å². The van der Waals surface area contributed by atoms with E-state index in [0.717, 1.165) is 17.0 Å². The summed E-state index contributed by atoms with van der Waals surface area (Å²) in [5.74, 6) is -0.174. The van der Waals surface area contributed by atoms with Gasteiger partial charge in [-0.3, -0.25) is 14.7 Å². The molecule has 0 bridgehead atoms. The molecule has 2 aromatic heterocycles. The smallest absolute Gasteiger partial charge is 0.266 e. The predicted octanol–water partition coefficient (Wildman–Crippen LogP) is 0.849. The molecule has 7 heteroatoms. The molecule has 0 unspecified atom stereocenters. The van der Waals surface area contributed by atoms with Crippen molar-refractivity contribution in [1.29, 1.82) is 0 Å². The minimum Gasteiger partial charge on any atom is -0.388 e. The Hall–Kier alpha value is -2.15. The molecule has 0 aliphatic heterocycles. The Balaban J connectivity index is 2.18. The van der Waals surface area contributed by atoms with Crippen molar-refractivity contribution in [2.24, 2.45) is 0 Å². The number of carbonyl (C=O) groups is 1. The number of H-pyrrole nitrogens is 1. The maximum Gasteiger partial charge on any atom is 0.266 e. The molecule has 0 atom stereocenters. The summed E-state index contributed by atoms with van der Waals surface area (Å²) in [7, 11) is 0. The number of nitrogens with one attached hydrogen (secondary N) is 2. The molecule has 2 rings (SSSR count). The van der Waals surface area contributed by atoms with Gasteiger partial charge in [0.1, 0.15) is 0 Å². The molecule has 23 heavy (non-hydrogen) atoms. The largest absolute Gasteiger partial charge is 0.388 e. The van der Waals surface area contributed by atoms with Gasteiger partial charge in [0.15, 0.2) is 5.65 Å². The van der Waals surface area contributed by atoms with Crippen molar-refractivity contribution in [3.63, 3.8) is 0 Å². The first-order chi connectivity index (χ1) is 10.8. The summed E-state index contributed by atoms with van der Waals surface area (Å²) in [5, 5.41) is 15.7. The van der Waals surface area contributed by atoms with Gasteiger partial charge < -0.3 is 10.4 Å². The molecule has 2 aromatic rings. The van der Waals surface area contributed by atoms with Gasteiger partial charge in [0.05, 0.1) is 12.0 Å². The molecule has 0 saturated carbocycles. The second-order valence-corrected chi connectivity index (χ2v) is 5.96. The predicted molar refractivity (Wildman–Crippen MR) is 87.5 cm³/mol. The average molecular weight is 320 g/mol. The Labute approximate surface area is 134 Å². The lowest BCUT2D eigenvalue weighted by molar-refractivity contribution is -0.121. The number of aliphatic hydroxyl groups is 1. The van der Waals surface area contributed by atoms with Gasteiger partial charge in [-0.1, -0.05) is 13.8 Å². The summed E-state index contributed by atoms with van der Waals surface area (Å²) in [6, 6.07) is 1.42. The van der Waals surface area contributed by atoms with Crippen LogP contribution in [0.3, 0.4) is 0 Å². The van der Waals surface area contributed by atoms with Crippen molar-refractivity contribution >= 4 is 11.6 Å². The van der Waals surface area contributed by atoms with Crippen LogP contribution in [0.15, 0.2) is 10.9 Å². The summed E-state index contributed by atoms with van der Waals surface area (Å²) in [4.78, 5) is 28.0. The molecule has 1 amide bonds. The van der Waals surface area contributed by atoms with Gasteiger partial charge in [0.25, 0.3) is 5.56 Å². The first-order valence-corrected chi connectivity index (χ1v) is 7.86. The number of aromatic nitrogens is 3. The molecular formula is C16H24N4O3. The minimum absolute atomic E-state index is 0.157. The number of carbonyl (C=O) groups excluding carboxylic acids is 1. The van der Waals surface area contributed by atoms with Gasteiger partial charge in [-0.25, -0.2) is 9.50 Å². The quantitative estimate of drug-likeness (QED) is 0.734. The maximum atomic E-state index is 12.2. The van der Waals surface area contributed by atoms with Gasteiger partial charge in [-0.2, -0.15) is 0 Å². The fourth-order valence-corrected chi connectivity index (χ4v) is 2.60. The molecule has 0 aliphatic rings. The van der Waals surface area contributed by atoms with Crippen LogP contribution in [0, 0.1) is 13.8 Å². The van der Waals surface area contributed by atoms with E-state index < -0.39 is 5.60 Å². The Kier molecular flexibility index (Phi) is 4.89. The van der Waals surface area contributed by atoms with E-state index in [1.165, 1.54) is 6.07 Å². The third kappa shape index (κ3) is 3.61. The number of aryl methyl sites for hydroxylation is 2. The number of aromatic amines is 1. The van der Waals surface area contributed by atoms with Crippen LogP contribution in [0.4, 0.5) is 0 Å². The van der Waals surface area contributed by atoms with Crippen LogP contribution in [0.25, 0.3) is 5.65 Å². The summed E-state index contributed by atoms with van der Waals surface area (Å²) in [6.45, 7) is 7.68. The normalized spacial score (nSPS) is 11.9. The molecular weight excluding hydrogens is 296 g/mol. The van der Waals surface area contributed by atoms with Crippen molar-refractivity contribution in [3.8, 4) is 0 Å². The second kappa shape index (κ2) is 6.54. The van der Waals surface area contributed by atoms with Crippen molar-refractivity contribution in [3.05, 3.63) is 33.4 Å². The number of fused-ring (bicyclic) bond motifs is 1. The highest BCUT2D eigenvalue weighted by Gasteiger charge is 2.23. The third-order valence-electron chi connectivity index (χ3n) is 4.47. The highest BCUT2D eigenvalue weighted by molar-refractivity contribution is 5.79. The topological polar surface area (TPSA) is 99.5 Å². The van der Waals surface area contributed by atoms with Crippen molar-refractivity contribution in [1.82, 2.24) is 19.9 Å². The SMILES string of the molecule is CCC(O)(CC)CNC(=O)Cc1c(C)nc2cc(=O)[nH]n2c1C. The van der Waals surface area contributed by atoms with Crippen LogP contribution in [0.5, 0.6) is 0 Å². The summed E-state index contributed by atoms with van der Waals surface area (Å²) in [5.41, 5.74) is 1.73. The fraction of sp³-hybridized carbons (Fsp3) is 0.562. The van der Waals surface area contributed by atoms with E-state index in [0.29, 0.717) is 18.5 Å². The number of amides is 1. The lowest BCUT2D eigenvalue weighted by Gasteiger charge is -2.25. The van der Waals surface area contributed by atoms with Crippen molar-refractivity contribution in [2.75, 3.05) is 6.54 Å². The van der Waals surface area contributed by atoms with Crippen LogP contribution in [-0.4, -0.2) is 37.8 Å². The van der Waals surface area contributed by atoms with Crippen LogP contribution in [0.1, 0.15) is 43.6 Å². The van der Waals surface area contributed by atoms with E-state index in [-0.39, 0.29) is 24.4 Å². The zero-order valence-corrected chi connectivity index (χ0v) is 14.1. The van der Waals surface area contributed by atoms with Crippen LogP contribution >= 0.6 is 0 Å². The van der Waals surface area contributed by atoms with Gasteiger partial charge in [-0.15, -0.1) is 0 Å². The Morgan fingerprint density at radius 3 is 2.65 bits per heavy atom. The molecule has 7 nitrogen and oxygen atoms in total. The van der Waals surface area contributed by atoms with Gasteiger partial charge >= 0.3 is 0 Å². The van der Waals surface area contributed by atoms with E-state index in [9.17, 15) is 14.7 Å². The van der Waals surface area contributed by atoms with E-state index in [1.807, 2.05) is 27.7 Å². The summed E-state index contributed by atoms with van der Waals surface area (Å²) >= 11 is 0. The van der Waals surface area contributed by atoms with E-state index in [2.05, 4.69) is 15.4 Å². The number of hydrogen-bond donors (Lipinski definition) is 3. The summed E-state index contributed by atoms with van der Waals surface area (Å²) in [6.07, 6.45) is 1.32. The minimum atomic E-state index is -0.867. The van der Waals surface area contributed by atoms with E-state index in [1.54, 1.807) is 4.52 Å².